The van der Waals surface area contributed by atoms with E-state index in [2.05, 4.69) is 16.0 Å². The molecule has 0 saturated heterocycles. The van der Waals surface area contributed by atoms with Gasteiger partial charge in [0.1, 0.15) is 16.6 Å². The highest BCUT2D eigenvalue weighted by molar-refractivity contribution is 7.21. The Labute approximate surface area is 175 Å². The Bertz CT molecular complexity index is 1310. The molecule has 0 saturated carbocycles. The molecular formula is C21H13N5O3S. The Morgan fingerprint density at radius 2 is 1.87 bits per heavy atom. The zero-order valence-corrected chi connectivity index (χ0v) is 16.8. The van der Waals surface area contributed by atoms with E-state index in [9.17, 15) is 14.9 Å². The van der Waals surface area contributed by atoms with Crippen LogP contribution in [-0.4, -0.2) is 33.2 Å². The SMILES string of the molecule is CCN1C(=O)C(C#N)=C(C)/C(=C/c2nc3sc(-c4ccc(C#N)cc4)nc3o2)C1=O. The monoisotopic (exact) mass is 415 g/mol. The molecule has 3 aromatic rings. The zero-order chi connectivity index (χ0) is 21.4. The van der Waals surface area contributed by atoms with E-state index in [1.54, 1.807) is 38.1 Å². The van der Waals surface area contributed by atoms with Gasteiger partial charge >= 0.3 is 0 Å². The van der Waals surface area contributed by atoms with Crippen LogP contribution in [0.5, 0.6) is 0 Å². The van der Waals surface area contributed by atoms with Gasteiger partial charge in [0.05, 0.1) is 11.6 Å². The van der Waals surface area contributed by atoms with Crippen molar-refractivity contribution in [3.8, 4) is 22.7 Å². The fourth-order valence-corrected chi connectivity index (χ4v) is 3.95. The third-order valence-electron chi connectivity index (χ3n) is 4.66. The second-order valence-electron chi connectivity index (χ2n) is 6.39. The van der Waals surface area contributed by atoms with E-state index in [1.165, 1.54) is 17.4 Å². The molecule has 0 atom stereocenters. The lowest BCUT2D eigenvalue weighted by Crippen LogP contribution is -2.42. The van der Waals surface area contributed by atoms with Gasteiger partial charge in [-0.05, 0) is 31.6 Å². The van der Waals surface area contributed by atoms with Gasteiger partial charge in [0.25, 0.3) is 17.5 Å². The number of benzene rings is 1. The van der Waals surface area contributed by atoms with Crippen molar-refractivity contribution in [3.63, 3.8) is 0 Å². The molecule has 3 heterocycles. The lowest BCUT2D eigenvalue weighted by Gasteiger charge is -2.25. The van der Waals surface area contributed by atoms with Crippen molar-refractivity contribution in [3.05, 3.63) is 52.4 Å². The maximum atomic E-state index is 12.7. The van der Waals surface area contributed by atoms with Crippen LogP contribution in [0.3, 0.4) is 0 Å². The summed E-state index contributed by atoms with van der Waals surface area (Å²) in [6.45, 7) is 3.38. The average Bonchev–Trinajstić information content (AvgIpc) is 3.31. The number of imide groups is 1. The first-order valence-electron chi connectivity index (χ1n) is 8.94. The number of carbonyl (C=O) groups is 2. The van der Waals surface area contributed by atoms with Gasteiger partial charge in [-0.3, -0.25) is 14.5 Å². The van der Waals surface area contributed by atoms with E-state index < -0.39 is 11.8 Å². The van der Waals surface area contributed by atoms with E-state index in [1.807, 2.05) is 6.07 Å². The molecule has 4 rings (SSSR count). The average molecular weight is 415 g/mol. The fraction of sp³-hybridized carbons (Fsp3) is 0.143. The number of likely N-dealkylation sites (N-methyl/N-ethyl adjacent to an activating group) is 1. The summed E-state index contributed by atoms with van der Waals surface area (Å²) in [5, 5.41) is 18.9. The molecule has 9 heteroatoms. The molecule has 146 valence electrons. The minimum Gasteiger partial charge on any atom is -0.417 e. The molecule has 0 aliphatic carbocycles. The van der Waals surface area contributed by atoms with Gasteiger partial charge in [0, 0.05) is 23.8 Å². The number of amides is 2. The van der Waals surface area contributed by atoms with E-state index in [0.29, 0.717) is 26.7 Å². The quantitative estimate of drug-likeness (QED) is 0.474. The van der Waals surface area contributed by atoms with Crippen molar-refractivity contribution in [2.24, 2.45) is 0 Å². The van der Waals surface area contributed by atoms with Gasteiger partial charge in [-0.1, -0.05) is 23.5 Å². The first kappa shape index (κ1) is 19.2. The minimum atomic E-state index is -0.596. The van der Waals surface area contributed by atoms with Crippen LogP contribution in [0.4, 0.5) is 0 Å². The minimum absolute atomic E-state index is 0.0719. The number of aromatic nitrogens is 2. The topological polar surface area (TPSA) is 124 Å². The Hall–Kier alpha value is -4.08. The van der Waals surface area contributed by atoms with Crippen LogP contribution in [0, 0.1) is 22.7 Å². The Kier molecular flexibility index (Phi) is 4.74. The molecule has 2 aromatic heterocycles. The second-order valence-corrected chi connectivity index (χ2v) is 7.37. The lowest BCUT2D eigenvalue weighted by atomic mass is 9.95. The van der Waals surface area contributed by atoms with Gasteiger partial charge in [0.15, 0.2) is 4.83 Å². The van der Waals surface area contributed by atoms with E-state index in [-0.39, 0.29) is 23.6 Å². The highest BCUT2D eigenvalue weighted by Gasteiger charge is 2.34. The third-order valence-corrected chi connectivity index (χ3v) is 5.64. The fourth-order valence-electron chi connectivity index (χ4n) is 3.07. The van der Waals surface area contributed by atoms with Crippen LogP contribution in [0.15, 0.2) is 45.4 Å². The molecule has 1 aliphatic rings. The number of rotatable bonds is 3. The van der Waals surface area contributed by atoms with E-state index in [4.69, 9.17) is 9.68 Å². The largest absolute Gasteiger partial charge is 0.417 e. The standard InChI is InChI=1S/C21H13N5O3S/c1-3-26-20(27)14(11(2)15(10-23)21(26)28)8-16-24-19-17(29-16)25-18(30-19)13-6-4-12(9-22)5-7-13/h4-8H,3H2,1-2H3/b14-8-. The number of hydrogen-bond acceptors (Lipinski definition) is 8. The molecular weight excluding hydrogens is 402 g/mol. The van der Waals surface area contributed by atoms with Crippen LogP contribution >= 0.6 is 11.3 Å². The van der Waals surface area contributed by atoms with Crippen molar-refractivity contribution in [1.82, 2.24) is 14.9 Å². The first-order chi connectivity index (χ1) is 14.5. The summed E-state index contributed by atoms with van der Waals surface area (Å²) >= 11 is 1.32. The lowest BCUT2D eigenvalue weighted by molar-refractivity contribution is -0.140. The van der Waals surface area contributed by atoms with Gasteiger partial charge in [-0.15, -0.1) is 0 Å². The third kappa shape index (κ3) is 3.08. The summed E-state index contributed by atoms with van der Waals surface area (Å²) in [6.07, 6.45) is 1.43. The normalized spacial score (nSPS) is 15.7. The Morgan fingerprint density at radius 1 is 1.13 bits per heavy atom. The Balaban J connectivity index is 1.72. The highest BCUT2D eigenvalue weighted by Crippen LogP contribution is 2.32. The summed E-state index contributed by atoms with van der Waals surface area (Å²) in [4.78, 5) is 35.3. The van der Waals surface area contributed by atoms with Crippen LogP contribution < -0.4 is 0 Å². The predicted molar refractivity (Wildman–Crippen MR) is 109 cm³/mol. The van der Waals surface area contributed by atoms with E-state index in [0.717, 1.165) is 10.5 Å². The number of nitriles is 2. The molecule has 30 heavy (non-hydrogen) atoms. The maximum absolute atomic E-state index is 12.7. The maximum Gasteiger partial charge on any atom is 0.271 e. The van der Waals surface area contributed by atoms with Gasteiger partial charge in [-0.2, -0.15) is 20.5 Å². The van der Waals surface area contributed by atoms with Gasteiger partial charge in [-0.25, -0.2) is 0 Å². The van der Waals surface area contributed by atoms with E-state index >= 15 is 0 Å². The molecule has 2 amide bonds. The molecule has 0 bridgehead atoms. The molecule has 0 N–H and O–H groups in total. The summed E-state index contributed by atoms with van der Waals surface area (Å²) in [7, 11) is 0. The van der Waals surface area contributed by atoms with Crippen molar-refractivity contribution >= 4 is 39.8 Å². The predicted octanol–water partition coefficient (Wildman–Crippen LogP) is 3.44. The number of fused-ring (bicyclic) bond motifs is 1. The molecule has 0 spiro atoms. The van der Waals surface area contributed by atoms with Crippen molar-refractivity contribution in [1.29, 1.82) is 10.5 Å². The number of carbonyl (C=O) groups excluding carboxylic acids is 2. The molecule has 1 aromatic carbocycles. The second kappa shape index (κ2) is 7.39. The summed E-state index contributed by atoms with van der Waals surface area (Å²) in [5.41, 5.74) is 2.13. The highest BCUT2D eigenvalue weighted by atomic mass is 32.1. The van der Waals surface area contributed by atoms with Crippen LogP contribution in [-0.2, 0) is 9.59 Å². The van der Waals surface area contributed by atoms with Crippen molar-refractivity contribution in [2.45, 2.75) is 13.8 Å². The Morgan fingerprint density at radius 3 is 2.47 bits per heavy atom. The van der Waals surface area contributed by atoms with Gasteiger partial charge < -0.3 is 4.42 Å². The number of nitrogens with zero attached hydrogens (tertiary/aromatic N) is 5. The summed E-state index contributed by atoms with van der Waals surface area (Å²) < 4.78 is 5.68. The number of thiazole rings is 1. The van der Waals surface area contributed by atoms with Crippen molar-refractivity contribution < 1.29 is 14.0 Å². The van der Waals surface area contributed by atoms with Crippen LogP contribution in [0.1, 0.15) is 25.3 Å². The van der Waals surface area contributed by atoms with Crippen LogP contribution in [0.25, 0.3) is 27.2 Å². The van der Waals surface area contributed by atoms with Crippen molar-refractivity contribution in [2.75, 3.05) is 6.54 Å². The number of hydrogen-bond donors (Lipinski definition) is 0. The molecule has 0 radical (unpaired) electrons. The zero-order valence-electron chi connectivity index (χ0n) is 16.0. The number of oxazole rings is 1. The smallest absolute Gasteiger partial charge is 0.271 e. The van der Waals surface area contributed by atoms with Crippen LogP contribution in [0.2, 0.25) is 0 Å². The summed E-state index contributed by atoms with van der Waals surface area (Å²) in [5.74, 6) is -0.922. The molecule has 0 fully saturated rings. The van der Waals surface area contributed by atoms with Gasteiger partial charge in [0.2, 0.25) is 5.89 Å². The molecule has 1 aliphatic heterocycles. The molecule has 0 unspecified atom stereocenters. The molecule has 8 nitrogen and oxygen atoms in total. The summed E-state index contributed by atoms with van der Waals surface area (Å²) in [6, 6.07) is 11.0. The first-order valence-corrected chi connectivity index (χ1v) is 9.75.